The fourth-order valence-electron chi connectivity index (χ4n) is 4.82. The number of rotatable bonds is 6. The molecule has 34 heavy (non-hydrogen) atoms. The van der Waals surface area contributed by atoms with Crippen LogP contribution < -0.4 is 0 Å². The van der Waals surface area contributed by atoms with Crippen LogP contribution in [0.4, 0.5) is 0 Å². The van der Waals surface area contributed by atoms with Crippen molar-refractivity contribution in [3.63, 3.8) is 0 Å². The molecule has 0 radical (unpaired) electrons. The van der Waals surface area contributed by atoms with Gasteiger partial charge in [-0.15, -0.1) is 0 Å². The molecule has 8 heteroatoms. The second-order valence-electron chi connectivity index (χ2n) is 8.75. The van der Waals surface area contributed by atoms with Crippen molar-refractivity contribution >= 4 is 20.1 Å². The molecule has 6 nitrogen and oxygen atoms in total. The highest BCUT2D eigenvalue weighted by Gasteiger charge is 2.47. The molecular formula is C26H29NO5S2. The number of sulfonamides is 1. The minimum absolute atomic E-state index is 0.151. The second kappa shape index (κ2) is 9.62. The second-order valence-corrected chi connectivity index (χ2v) is 12.3. The van der Waals surface area contributed by atoms with Gasteiger partial charge in [-0.2, -0.15) is 12.7 Å². The lowest BCUT2D eigenvalue weighted by Gasteiger charge is -2.40. The van der Waals surface area contributed by atoms with Crippen LogP contribution in [0.5, 0.6) is 0 Å². The van der Waals surface area contributed by atoms with Crippen LogP contribution in [-0.2, 0) is 29.7 Å². The van der Waals surface area contributed by atoms with Crippen molar-refractivity contribution in [1.82, 2.24) is 4.31 Å². The zero-order chi connectivity index (χ0) is 24.4. The molecule has 1 heterocycles. The smallest absolute Gasteiger partial charge is 0.264 e. The van der Waals surface area contributed by atoms with E-state index in [2.05, 4.69) is 0 Å². The largest absolute Gasteiger partial charge is 0.266 e. The van der Waals surface area contributed by atoms with Crippen molar-refractivity contribution in [1.29, 1.82) is 0 Å². The molecule has 1 atom stereocenters. The molecule has 0 aromatic heterocycles. The van der Waals surface area contributed by atoms with Crippen LogP contribution >= 0.6 is 0 Å². The average molecular weight is 500 g/mol. The molecule has 1 saturated heterocycles. The van der Waals surface area contributed by atoms with Gasteiger partial charge in [0.2, 0.25) is 10.0 Å². The maximum atomic E-state index is 13.5. The summed E-state index contributed by atoms with van der Waals surface area (Å²) in [4.78, 5) is 0.227. The van der Waals surface area contributed by atoms with E-state index in [0.29, 0.717) is 6.42 Å². The predicted octanol–water partition coefficient (Wildman–Crippen LogP) is 4.11. The summed E-state index contributed by atoms with van der Waals surface area (Å²) in [6.45, 7) is 2.28. The number of hydrogen-bond acceptors (Lipinski definition) is 5. The summed E-state index contributed by atoms with van der Waals surface area (Å²) < 4.78 is 58.8. The van der Waals surface area contributed by atoms with Crippen LogP contribution in [0, 0.1) is 6.92 Å². The van der Waals surface area contributed by atoms with Crippen LogP contribution in [-0.4, -0.2) is 46.6 Å². The first-order valence-corrected chi connectivity index (χ1v) is 14.4. The normalized spacial score (nSPS) is 19.4. The maximum absolute atomic E-state index is 13.5. The van der Waals surface area contributed by atoms with E-state index >= 15 is 0 Å². The quantitative estimate of drug-likeness (QED) is 0.477. The topological polar surface area (TPSA) is 80.8 Å². The third-order valence-corrected chi connectivity index (χ3v) is 8.97. The Morgan fingerprint density at radius 1 is 0.794 bits per heavy atom. The van der Waals surface area contributed by atoms with E-state index in [1.54, 1.807) is 24.3 Å². The molecule has 0 aliphatic carbocycles. The molecular weight excluding hydrogens is 470 g/mol. The van der Waals surface area contributed by atoms with Crippen molar-refractivity contribution in [3.8, 4) is 0 Å². The van der Waals surface area contributed by atoms with Gasteiger partial charge in [-0.05, 0) is 43.0 Å². The van der Waals surface area contributed by atoms with Gasteiger partial charge in [0.25, 0.3) is 10.1 Å². The van der Waals surface area contributed by atoms with Crippen molar-refractivity contribution in [2.24, 2.45) is 0 Å². The van der Waals surface area contributed by atoms with Gasteiger partial charge in [0.05, 0.1) is 17.3 Å². The third-order valence-electron chi connectivity index (χ3n) is 6.47. The van der Waals surface area contributed by atoms with Crippen molar-refractivity contribution in [3.05, 3.63) is 102 Å². The zero-order valence-corrected chi connectivity index (χ0v) is 20.9. The summed E-state index contributed by atoms with van der Waals surface area (Å²) in [6, 6.07) is 26.0. The van der Waals surface area contributed by atoms with Gasteiger partial charge in [0.1, 0.15) is 0 Å². The minimum Gasteiger partial charge on any atom is -0.266 e. The fourth-order valence-corrected chi connectivity index (χ4v) is 6.96. The Morgan fingerprint density at radius 3 is 1.82 bits per heavy atom. The van der Waals surface area contributed by atoms with Gasteiger partial charge in [-0.1, -0.05) is 78.4 Å². The Bertz CT molecular complexity index is 1280. The fraction of sp³-hybridized carbons (Fsp3) is 0.308. The first-order chi connectivity index (χ1) is 16.1. The van der Waals surface area contributed by atoms with Crippen LogP contribution in [0.1, 0.15) is 29.5 Å². The van der Waals surface area contributed by atoms with E-state index in [1.807, 2.05) is 67.6 Å². The van der Waals surface area contributed by atoms with Gasteiger partial charge in [0, 0.05) is 18.5 Å². The Labute approximate surface area is 202 Å². The highest BCUT2D eigenvalue weighted by molar-refractivity contribution is 7.89. The third kappa shape index (κ3) is 4.95. The average Bonchev–Trinajstić information content (AvgIpc) is 3.00. The van der Waals surface area contributed by atoms with Crippen LogP contribution in [0.2, 0.25) is 0 Å². The Hall–Kier alpha value is -2.52. The Kier molecular flexibility index (Phi) is 6.96. The van der Waals surface area contributed by atoms with E-state index in [0.717, 1.165) is 22.9 Å². The van der Waals surface area contributed by atoms with Crippen molar-refractivity contribution < 1.29 is 21.0 Å². The molecule has 1 unspecified atom stereocenters. The summed E-state index contributed by atoms with van der Waals surface area (Å²) in [7, 11) is -7.56. The van der Waals surface area contributed by atoms with Gasteiger partial charge in [-0.3, -0.25) is 4.18 Å². The summed E-state index contributed by atoms with van der Waals surface area (Å²) in [6.07, 6.45) is 0.860. The van der Waals surface area contributed by atoms with Crippen LogP contribution in [0.3, 0.4) is 0 Å². The summed E-state index contributed by atoms with van der Waals surface area (Å²) in [5.74, 6) is 0. The van der Waals surface area contributed by atoms with Crippen LogP contribution in [0.15, 0.2) is 89.8 Å². The van der Waals surface area contributed by atoms with Gasteiger partial charge >= 0.3 is 0 Å². The van der Waals surface area contributed by atoms with E-state index in [-0.39, 0.29) is 24.4 Å². The van der Waals surface area contributed by atoms with Gasteiger partial charge < -0.3 is 0 Å². The highest BCUT2D eigenvalue weighted by Crippen LogP contribution is 2.44. The SMILES string of the molecule is Cc1ccc(S(=O)(=O)N2CCC(OS(C)(=O)=O)C(c3ccccc3)(c3ccccc3)CC2)cc1. The lowest BCUT2D eigenvalue weighted by Crippen LogP contribution is -2.43. The highest BCUT2D eigenvalue weighted by atomic mass is 32.2. The zero-order valence-electron chi connectivity index (χ0n) is 19.3. The molecule has 180 valence electrons. The van der Waals surface area contributed by atoms with E-state index < -0.39 is 31.7 Å². The molecule has 3 aromatic carbocycles. The lowest BCUT2D eigenvalue weighted by atomic mass is 9.68. The van der Waals surface area contributed by atoms with E-state index in [4.69, 9.17) is 4.18 Å². The monoisotopic (exact) mass is 499 g/mol. The molecule has 0 saturated carbocycles. The number of nitrogens with zero attached hydrogens (tertiary/aromatic N) is 1. The molecule has 4 rings (SSSR count). The summed E-state index contributed by atoms with van der Waals surface area (Å²) in [5, 5.41) is 0. The Morgan fingerprint density at radius 2 is 1.32 bits per heavy atom. The maximum Gasteiger partial charge on any atom is 0.264 e. The minimum atomic E-state index is -3.80. The lowest BCUT2D eigenvalue weighted by molar-refractivity contribution is 0.131. The molecule has 1 aliphatic heterocycles. The van der Waals surface area contributed by atoms with E-state index in [1.165, 1.54) is 4.31 Å². The first kappa shape index (κ1) is 24.6. The molecule has 0 amide bonds. The molecule has 0 N–H and O–H groups in total. The molecule has 0 spiro atoms. The summed E-state index contributed by atoms with van der Waals surface area (Å²) in [5.41, 5.74) is 1.92. The van der Waals surface area contributed by atoms with Crippen molar-refractivity contribution in [2.75, 3.05) is 19.3 Å². The number of aryl methyl sites for hydroxylation is 1. The first-order valence-electron chi connectivity index (χ1n) is 11.2. The van der Waals surface area contributed by atoms with E-state index in [9.17, 15) is 16.8 Å². The van der Waals surface area contributed by atoms with Crippen LogP contribution in [0.25, 0.3) is 0 Å². The Balaban J connectivity index is 1.83. The summed E-state index contributed by atoms with van der Waals surface area (Å²) >= 11 is 0. The predicted molar refractivity (Wildman–Crippen MR) is 133 cm³/mol. The number of hydrogen-bond donors (Lipinski definition) is 0. The van der Waals surface area contributed by atoms with Gasteiger partial charge in [0.15, 0.2) is 0 Å². The number of benzene rings is 3. The van der Waals surface area contributed by atoms with Gasteiger partial charge in [-0.25, -0.2) is 8.42 Å². The molecule has 1 fully saturated rings. The molecule has 0 bridgehead atoms. The standard InChI is InChI=1S/C26H29NO5S2/c1-21-13-15-24(16-14-21)34(30,31)27-19-17-25(32-33(2,28)29)26(18-20-27,22-9-5-3-6-10-22)23-11-7-4-8-12-23/h3-16,25H,17-20H2,1-2H3. The molecule has 1 aliphatic rings. The van der Waals surface area contributed by atoms with Crippen molar-refractivity contribution in [2.45, 2.75) is 36.2 Å². The molecule has 3 aromatic rings.